The molecular weight excluding hydrogens is 324 g/mol. The van der Waals surface area contributed by atoms with Crippen LogP contribution in [0.25, 0.3) is 11.3 Å². The SMILES string of the molecule is COC[C@H]1Cn2nnc(-c3cnn(C)c3)c2CN1Cc1cccs1. The van der Waals surface area contributed by atoms with Crippen LogP contribution in [-0.4, -0.2) is 49.4 Å². The number of fused-ring (bicyclic) bond motifs is 1. The summed E-state index contributed by atoms with van der Waals surface area (Å²) in [5.41, 5.74) is 3.09. The zero-order chi connectivity index (χ0) is 16.5. The van der Waals surface area contributed by atoms with Gasteiger partial charge in [-0.2, -0.15) is 5.10 Å². The molecule has 0 saturated carbocycles. The molecule has 0 aliphatic carbocycles. The molecule has 0 spiro atoms. The fraction of sp³-hybridized carbons (Fsp3) is 0.438. The van der Waals surface area contributed by atoms with Crippen LogP contribution in [0, 0.1) is 0 Å². The van der Waals surface area contributed by atoms with Crippen LogP contribution in [0.15, 0.2) is 29.9 Å². The molecule has 126 valence electrons. The highest BCUT2D eigenvalue weighted by Crippen LogP contribution is 2.28. The van der Waals surface area contributed by atoms with Crippen LogP contribution in [0.4, 0.5) is 0 Å². The van der Waals surface area contributed by atoms with Gasteiger partial charge in [0.2, 0.25) is 0 Å². The zero-order valence-corrected chi connectivity index (χ0v) is 14.6. The van der Waals surface area contributed by atoms with Gasteiger partial charge in [0.05, 0.1) is 31.1 Å². The summed E-state index contributed by atoms with van der Waals surface area (Å²) in [5.74, 6) is 0. The summed E-state index contributed by atoms with van der Waals surface area (Å²) in [6, 6.07) is 4.58. The Morgan fingerprint density at radius 2 is 2.33 bits per heavy atom. The van der Waals surface area contributed by atoms with E-state index in [-0.39, 0.29) is 0 Å². The summed E-state index contributed by atoms with van der Waals surface area (Å²) in [7, 11) is 3.67. The molecule has 3 aromatic rings. The molecule has 4 rings (SSSR count). The molecule has 0 fully saturated rings. The largest absolute Gasteiger partial charge is 0.383 e. The first kappa shape index (κ1) is 15.5. The Morgan fingerprint density at radius 1 is 1.42 bits per heavy atom. The van der Waals surface area contributed by atoms with Crippen molar-refractivity contribution in [1.82, 2.24) is 29.7 Å². The molecule has 1 atom stereocenters. The first-order valence-electron chi connectivity index (χ1n) is 7.91. The summed E-state index contributed by atoms with van der Waals surface area (Å²) in [6.45, 7) is 3.21. The van der Waals surface area contributed by atoms with Gasteiger partial charge in [0, 0.05) is 43.9 Å². The van der Waals surface area contributed by atoms with Gasteiger partial charge in [-0.15, -0.1) is 16.4 Å². The molecule has 0 saturated heterocycles. The van der Waals surface area contributed by atoms with Crippen LogP contribution in [0.2, 0.25) is 0 Å². The summed E-state index contributed by atoms with van der Waals surface area (Å²) < 4.78 is 9.23. The third-order valence-electron chi connectivity index (χ3n) is 4.37. The Balaban J connectivity index is 1.64. The van der Waals surface area contributed by atoms with E-state index >= 15 is 0 Å². The van der Waals surface area contributed by atoms with Gasteiger partial charge >= 0.3 is 0 Å². The average molecular weight is 344 g/mol. The third-order valence-corrected chi connectivity index (χ3v) is 5.23. The smallest absolute Gasteiger partial charge is 0.120 e. The van der Waals surface area contributed by atoms with Crippen LogP contribution >= 0.6 is 11.3 Å². The maximum absolute atomic E-state index is 5.43. The van der Waals surface area contributed by atoms with Gasteiger partial charge in [-0.25, -0.2) is 4.68 Å². The van der Waals surface area contributed by atoms with Gasteiger partial charge in [-0.05, 0) is 11.4 Å². The lowest BCUT2D eigenvalue weighted by Gasteiger charge is -2.35. The number of ether oxygens (including phenoxy) is 1. The van der Waals surface area contributed by atoms with E-state index in [2.05, 4.69) is 37.8 Å². The summed E-state index contributed by atoms with van der Waals surface area (Å²) in [4.78, 5) is 3.81. The predicted octanol–water partition coefficient (Wildman–Crippen LogP) is 1.77. The lowest BCUT2D eigenvalue weighted by atomic mass is 10.1. The van der Waals surface area contributed by atoms with Crippen molar-refractivity contribution in [3.05, 3.63) is 40.5 Å². The summed E-state index contributed by atoms with van der Waals surface area (Å²) >= 11 is 1.79. The maximum atomic E-state index is 5.43. The molecule has 3 aromatic heterocycles. The third kappa shape index (κ3) is 2.88. The van der Waals surface area contributed by atoms with Crippen molar-refractivity contribution in [3.63, 3.8) is 0 Å². The van der Waals surface area contributed by atoms with E-state index in [1.165, 1.54) is 4.88 Å². The standard InChI is InChI=1S/C16H20N6OS/c1-20-7-12(6-17-20)16-15-10-21(9-14-4-3-5-24-14)13(11-23-2)8-22(15)19-18-16/h3-7,13H,8-11H2,1-2H3/t13-/m1/s1. The lowest BCUT2D eigenvalue weighted by molar-refractivity contribution is 0.0510. The van der Waals surface area contributed by atoms with Crippen molar-refractivity contribution in [2.75, 3.05) is 13.7 Å². The number of nitrogens with zero attached hydrogens (tertiary/aromatic N) is 6. The molecule has 0 aromatic carbocycles. The molecule has 8 heteroatoms. The molecular formula is C16H20N6OS. The molecule has 24 heavy (non-hydrogen) atoms. The van der Waals surface area contributed by atoms with Crippen molar-refractivity contribution in [1.29, 1.82) is 0 Å². The number of aryl methyl sites for hydroxylation is 1. The van der Waals surface area contributed by atoms with Gasteiger partial charge in [0.25, 0.3) is 0 Å². The molecule has 1 aliphatic rings. The minimum Gasteiger partial charge on any atom is -0.383 e. The highest BCUT2D eigenvalue weighted by atomic mass is 32.1. The second kappa shape index (κ2) is 6.46. The van der Waals surface area contributed by atoms with E-state index in [9.17, 15) is 0 Å². The Kier molecular flexibility index (Phi) is 4.17. The topological polar surface area (TPSA) is 61.0 Å². The number of rotatable bonds is 5. The van der Waals surface area contributed by atoms with Crippen molar-refractivity contribution in [2.45, 2.75) is 25.7 Å². The van der Waals surface area contributed by atoms with Crippen LogP contribution < -0.4 is 0 Å². The maximum Gasteiger partial charge on any atom is 0.120 e. The van der Waals surface area contributed by atoms with Crippen LogP contribution in [0.5, 0.6) is 0 Å². The first-order chi connectivity index (χ1) is 11.7. The van der Waals surface area contributed by atoms with Crippen molar-refractivity contribution >= 4 is 11.3 Å². The highest BCUT2D eigenvalue weighted by Gasteiger charge is 2.30. The highest BCUT2D eigenvalue weighted by molar-refractivity contribution is 7.09. The predicted molar refractivity (Wildman–Crippen MR) is 91.5 cm³/mol. The quantitative estimate of drug-likeness (QED) is 0.706. The van der Waals surface area contributed by atoms with E-state index in [1.54, 1.807) is 23.1 Å². The summed E-state index contributed by atoms with van der Waals surface area (Å²) in [6.07, 6.45) is 3.82. The van der Waals surface area contributed by atoms with Gasteiger partial charge in [-0.1, -0.05) is 11.3 Å². The Labute approximate surface area is 144 Å². The molecule has 0 amide bonds. The van der Waals surface area contributed by atoms with E-state index < -0.39 is 0 Å². The second-order valence-corrected chi connectivity index (χ2v) is 7.10. The fourth-order valence-electron chi connectivity index (χ4n) is 3.18. The number of aromatic nitrogens is 5. The number of hydrogen-bond donors (Lipinski definition) is 0. The van der Waals surface area contributed by atoms with E-state index in [0.717, 1.165) is 36.6 Å². The molecule has 0 bridgehead atoms. The number of hydrogen-bond acceptors (Lipinski definition) is 6. The second-order valence-electron chi connectivity index (χ2n) is 6.06. The van der Waals surface area contributed by atoms with Crippen molar-refractivity contribution in [2.24, 2.45) is 7.05 Å². The van der Waals surface area contributed by atoms with Gasteiger partial charge < -0.3 is 4.74 Å². The normalized spacial score (nSPS) is 18.0. The Bertz CT molecular complexity index is 809. The molecule has 0 N–H and O–H groups in total. The van der Waals surface area contributed by atoms with E-state index in [4.69, 9.17) is 4.74 Å². The Morgan fingerprint density at radius 3 is 3.04 bits per heavy atom. The summed E-state index contributed by atoms with van der Waals surface area (Å²) in [5, 5.41) is 15.1. The van der Waals surface area contributed by atoms with E-state index in [1.807, 2.05) is 24.1 Å². The number of methoxy groups -OCH3 is 1. The average Bonchev–Trinajstić information content (AvgIpc) is 3.29. The fourth-order valence-corrected chi connectivity index (χ4v) is 3.91. The molecule has 7 nitrogen and oxygen atoms in total. The molecule has 0 unspecified atom stereocenters. The monoisotopic (exact) mass is 344 g/mol. The lowest BCUT2D eigenvalue weighted by Crippen LogP contribution is -2.45. The molecule has 1 aliphatic heterocycles. The van der Waals surface area contributed by atoms with Crippen molar-refractivity contribution in [3.8, 4) is 11.3 Å². The van der Waals surface area contributed by atoms with Crippen LogP contribution in [0.1, 0.15) is 10.6 Å². The molecule has 4 heterocycles. The zero-order valence-electron chi connectivity index (χ0n) is 13.8. The van der Waals surface area contributed by atoms with E-state index in [0.29, 0.717) is 12.6 Å². The van der Waals surface area contributed by atoms with Crippen molar-refractivity contribution < 1.29 is 4.74 Å². The van der Waals surface area contributed by atoms with Crippen LogP contribution in [-0.2, 0) is 31.4 Å². The Hall–Kier alpha value is -2.03. The van der Waals surface area contributed by atoms with Gasteiger partial charge in [0.1, 0.15) is 5.69 Å². The first-order valence-corrected chi connectivity index (χ1v) is 8.79. The minimum absolute atomic E-state index is 0.299. The number of thiophene rings is 1. The minimum atomic E-state index is 0.299. The van der Waals surface area contributed by atoms with Gasteiger partial charge in [0.15, 0.2) is 0 Å². The van der Waals surface area contributed by atoms with Gasteiger partial charge in [-0.3, -0.25) is 9.58 Å². The van der Waals surface area contributed by atoms with Crippen LogP contribution in [0.3, 0.4) is 0 Å². The molecule has 0 radical (unpaired) electrons.